The first-order chi connectivity index (χ1) is 30.8. The molecule has 14 nitrogen and oxygen atoms in total. The second-order valence-electron chi connectivity index (χ2n) is 16.0. The number of hydrogen-bond donors (Lipinski definition) is 5. The lowest BCUT2D eigenvalue weighted by Crippen LogP contribution is -2.58. The largest absolute Gasteiger partial charge is 0.417 e. The van der Waals surface area contributed by atoms with Gasteiger partial charge in [-0.2, -0.15) is 26.3 Å². The fraction of sp³-hybridized carbons (Fsp3) is 0.444. The van der Waals surface area contributed by atoms with E-state index in [0.717, 1.165) is 16.9 Å². The van der Waals surface area contributed by atoms with E-state index in [1.54, 1.807) is 67.6 Å². The van der Waals surface area contributed by atoms with Crippen molar-refractivity contribution in [2.75, 3.05) is 13.1 Å². The van der Waals surface area contributed by atoms with Crippen molar-refractivity contribution < 1.29 is 64.6 Å². The molecule has 1 saturated carbocycles. The lowest BCUT2D eigenvalue weighted by atomic mass is 9.83. The van der Waals surface area contributed by atoms with Gasteiger partial charge in [0.1, 0.15) is 18.1 Å². The van der Waals surface area contributed by atoms with Crippen molar-refractivity contribution in [2.45, 2.75) is 108 Å². The Morgan fingerprint density at radius 3 is 2.06 bits per heavy atom. The number of ketones is 1. The molecule has 1 heterocycles. The Morgan fingerprint density at radius 2 is 1.46 bits per heavy atom. The topological polar surface area (TPSA) is 206 Å². The average Bonchev–Trinajstić information content (AvgIpc) is 3.72. The number of Topliss-reactive ketones (excluding diaryl/α,β-unsaturated/α-hetero) is 1. The van der Waals surface area contributed by atoms with Crippen molar-refractivity contribution >= 4 is 41.2 Å². The fourth-order valence-corrected chi connectivity index (χ4v) is 8.01. The van der Waals surface area contributed by atoms with Crippen molar-refractivity contribution in [3.63, 3.8) is 0 Å². The van der Waals surface area contributed by atoms with E-state index in [0.29, 0.717) is 43.4 Å². The van der Waals surface area contributed by atoms with Crippen molar-refractivity contribution in [1.82, 2.24) is 26.2 Å². The molecule has 1 saturated heterocycles. The normalized spacial score (nSPS) is 18.2. The van der Waals surface area contributed by atoms with E-state index < -0.39 is 113 Å². The van der Waals surface area contributed by atoms with E-state index >= 15 is 0 Å². The van der Waals surface area contributed by atoms with Crippen LogP contribution in [0.2, 0.25) is 0 Å². The van der Waals surface area contributed by atoms with Gasteiger partial charge in [-0.25, -0.2) is 0 Å². The molecule has 3 aromatic rings. The second-order valence-corrected chi connectivity index (χ2v) is 16.0. The van der Waals surface area contributed by atoms with Crippen LogP contribution in [0.1, 0.15) is 96.9 Å². The number of nitrogens with two attached hydrogens (primary N) is 1. The highest BCUT2D eigenvalue weighted by Crippen LogP contribution is 2.38. The van der Waals surface area contributed by atoms with Gasteiger partial charge in [-0.3, -0.25) is 33.6 Å². The number of amides is 6. The molecule has 65 heavy (non-hydrogen) atoms. The molecule has 20 heteroatoms. The molecule has 2 unspecified atom stereocenters. The Morgan fingerprint density at radius 1 is 0.815 bits per heavy atom. The Bertz CT molecular complexity index is 2190. The Balaban J connectivity index is 1.37. The highest BCUT2D eigenvalue weighted by molar-refractivity contribution is 6.38. The van der Waals surface area contributed by atoms with E-state index in [-0.39, 0.29) is 38.5 Å². The smallest absolute Gasteiger partial charge is 0.372 e. The summed E-state index contributed by atoms with van der Waals surface area (Å²) in [7, 11) is 0. The van der Waals surface area contributed by atoms with Gasteiger partial charge in [0, 0.05) is 13.0 Å². The minimum Gasteiger partial charge on any atom is -0.372 e. The minimum absolute atomic E-state index is 0.0506. The van der Waals surface area contributed by atoms with Crippen LogP contribution in [0.25, 0.3) is 0 Å². The van der Waals surface area contributed by atoms with Gasteiger partial charge in [-0.1, -0.05) is 93.3 Å². The monoisotopic (exact) mass is 916 g/mol. The zero-order valence-corrected chi connectivity index (χ0v) is 35.3. The number of carbonyl (C=O) groups is 7. The van der Waals surface area contributed by atoms with E-state index in [1.165, 1.54) is 0 Å². The molecule has 350 valence electrons. The number of rotatable bonds is 18. The first-order valence-corrected chi connectivity index (χ1v) is 21.1. The van der Waals surface area contributed by atoms with Gasteiger partial charge in [0.05, 0.1) is 42.0 Å². The van der Waals surface area contributed by atoms with Crippen LogP contribution in [0, 0.1) is 5.92 Å². The SMILES string of the molecule is CCCC(NC(=O)[C@@H]1C[C@@H](OCc2ccccc2)CN1C(=O)C(NC(=O)c1ccc(C(F)(F)F)cc1C(F)(F)F)C1CCCCC1)C(=O)C(=O)NCC(=O)N[C@@H](C(N)=O)c1ccccc1. The van der Waals surface area contributed by atoms with Gasteiger partial charge in [0.2, 0.25) is 29.4 Å². The van der Waals surface area contributed by atoms with Crippen LogP contribution in [-0.2, 0) is 52.5 Å². The number of carbonyl (C=O) groups excluding carboxylic acids is 7. The van der Waals surface area contributed by atoms with Crippen molar-refractivity contribution in [3.8, 4) is 0 Å². The third-order valence-corrected chi connectivity index (χ3v) is 11.3. The van der Waals surface area contributed by atoms with Crippen LogP contribution < -0.4 is 27.0 Å². The molecule has 6 N–H and O–H groups in total. The van der Waals surface area contributed by atoms with Crippen molar-refractivity contribution in [3.05, 3.63) is 107 Å². The molecule has 0 bridgehead atoms. The van der Waals surface area contributed by atoms with E-state index in [1.807, 2.05) is 0 Å². The molecule has 1 aliphatic carbocycles. The maximum atomic E-state index is 14.7. The molecule has 0 radical (unpaired) electrons. The van der Waals surface area contributed by atoms with Gasteiger partial charge in [0.25, 0.3) is 11.8 Å². The summed E-state index contributed by atoms with van der Waals surface area (Å²) in [4.78, 5) is 95.1. The predicted molar refractivity (Wildman–Crippen MR) is 221 cm³/mol. The fourth-order valence-electron chi connectivity index (χ4n) is 8.01. The number of primary amides is 1. The van der Waals surface area contributed by atoms with Gasteiger partial charge in [-0.05, 0) is 54.5 Å². The number of ether oxygens (including phenoxy) is 1. The van der Waals surface area contributed by atoms with Crippen LogP contribution in [0.5, 0.6) is 0 Å². The summed E-state index contributed by atoms with van der Waals surface area (Å²) < 4.78 is 89.0. The van der Waals surface area contributed by atoms with Gasteiger partial charge in [-0.15, -0.1) is 0 Å². The molecule has 6 amide bonds. The number of nitrogens with one attached hydrogen (secondary N) is 4. The quantitative estimate of drug-likeness (QED) is 0.0875. The molecule has 2 aliphatic rings. The van der Waals surface area contributed by atoms with Crippen LogP contribution in [0.4, 0.5) is 26.3 Å². The molecule has 3 aromatic carbocycles. The van der Waals surface area contributed by atoms with Crippen LogP contribution in [-0.4, -0.2) is 83.4 Å². The molecular formula is C45H50F6N6O8. The lowest BCUT2D eigenvalue weighted by molar-refractivity contribution is -0.143. The zero-order valence-electron chi connectivity index (χ0n) is 35.3. The predicted octanol–water partition coefficient (Wildman–Crippen LogP) is 4.90. The summed E-state index contributed by atoms with van der Waals surface area (Å²) in [5, 5.41) is 9.48. The van der Waals surface area contributed by atoms with Crippen LogP contribution in [0.15, 0.2) is 78.9 Å². The number of likely N-dealkylation sites (tertiary alicyclic amines) is 1. The third-order valence-electron chi connectivity index (χ3n) is 11.3. The molecular weight excluding hydrogens is 867 g/mol. The number of nitrogens with zero attached hydrogens (tertiary/aromatic N) is 1. The van der Waals surface area contributed by atoms with Crippen LogP contribution in [0.3, 0.4) is 0 Å². The van der Waals surface area contributed by atoms with Gasteiger partial charge >= 0.3 is 12.4 Å². The summed E-state index contributed by atoms with van der Waals surface area (Å²) in [5.74, 6) is -7.99. The average molecular weight is 917 g/mol. The highest BCUT2D eigenvalue weighted by atomic mass is 19.4. The number of alkyl halides is 6. The zero-order chi connectivity index (χ0) is 47.5. The van der Waals surface area contributed by atoms with E-state index in [4.69, 9.17) is 10.5 Å². The summed E-state index contributed by atoms with van der Waals surface area (Å²) in [6.07, 6.45) is -8.63. The second kappa shape index (κ2) is 22.1. The summed E-state index contributed by atoms with van der Waals surface area (Å²) in [6, 6.07) is 11.9. The molecule has 0 spiro atoms. The molecule has 0 aromatic heterocycles. The number of hydrogen-bond acceptors (Lipinski definition) is 8. The Kier molecular flexibility index (Phi) is 16.9. The Labute approximate surface area is 370 Å². The van der Waals surface area contributed by atoms with Crippen molar-refractivity contribution in [1.29, 1.82) is 0 Å². The summed E-state index contributed by atoms with van der Waals surface area (Å²) >= 11 is 0. The van der Waals surface area contributed by atoms with Crippen LogP contribution >= 0.6 is 0 Å². The van der Waals surface area contributed by atoms with E-state index in [9.17, 15) is 59.9 Å². The van der Waals surface area contributed by atoms with Gasteiger partial charge < -0.3 is 36.6 Å². The summed E-state index contributed by atoms with van der Waals surface area (Å²) in [6.45, 7) is 0.732. The molecule has 2 fully saturated rings. The lowest BCUT2D eigenvalue weighted by Gasteiger charge is -2.35. The standard InChI is InChI=1S/C45H50F6N6O8/c1-2-12-33(38(59)42(63)53-23-35(58)55-36(39(52)60)27-15-8-4-9-16-27)54-41(62)34-22-30(65-25-26-13-6-3-7-14-26)24-57(34)43(64)37(28-17-10-5-11-18-28)56-40(61)31-20-19-29(44(46,47)48)21-32(31)45(49,50)51/h3-4,6-9,13-16,19-21,28,30,33-34,36-37H,2,5,10-12,17-18,22-25H2,1H3,(H2,52,60)(H,53,63)(H,54,62)(H,55,58)(H,56,61)/t30-,33?,34+,36-,37?/m1/s1. The number of benzene rings is 3. The minimum atomic E-state index is -5.38. The maximum Gasteiger partial charge on any atom is 0.417 e. The number of halogens is 6. The summed E-state index contributed by atoms with van der Waals surface area (Å²) in [5.41, 5.74) is 1.95. The Hall–Kier alpha value is -6.31. The maximum absolute atomic E-state index is 14.7. The first-order valence-electron chi connectivity index (χ1n) is 21.1. The third kappa shape index (κ3) is 13.4. The molecule has 5 rings (SSSR count). The molecule has 5 atom stereocenters. The van der Waals surface area contributed by atoms with Gasteiger partial charge in [0.15, 0.2) is 0 Å². The highest BCUT2D eigenvalue weighted by Gasteiger charge is 2.46. The van der Waals surface area contributed by atoms with Crippen molar-refractivity contribution in [2.24, 2.45) is 11.7 Å². The first kappa shape index (κ1) is 49.7. The molecule has 1 aliphatic heterocycles. The van der Waals surface area contributed by atoms with E-state index in [2.05, 4.69) is 21.3 Å².